The molecule has 0 aromatic heterocycles. The summed E-state index contributed by atoms with van der Waals surface area (Å²) in [5.41, 5.74) is 0.463. The van der Waals surface area contributed by atoms with Crippen molar-refractivity contribution in [3.63, 3.8) is 0 Å². The SMILES string of the molecule is COC(CNC1CC(C)CC(C)(C)C1)OC. The van der Waals surface area contributed by atoms with Gasteiger partial charge in [-0.25, -0.2) is 0 Å². The van der Waals surface area contributed by atoms with Crippen LogP contribution < -0.4 is 5.32 Å². The van der Waals surface area contributed by atoms with E-state index in [1.165, 1.54) is 19.3 Å². The summed E-state index contributed by atoms with van der Waals surface area (Å²) in [4.78, 5) is 0. The minimum atomic E-state index is -0.125. The van der Waals surface area contributed by atoms with E-state index in [-0.39, 0.29) is 6.29 Å². The van der Waals surface area contributed by atoms with Crippen LogP contribution in [0.15, 0.2) is 0 Å². The Hall–Kier alpha value is -0.120. The first-order valence-electron chi connectivity index (χ1n) is 6.26. The molecular formula is C13H27NO2. The van der Waals surface area contributed by atoms with Gasteiger partial charge in [-0.15, -0.1) is 0 Å². The largest absolute Gasteiger partial charge is 0.355 e. The number of nitrogens with one attached hydrogen (secondary N) is 1. The second-order valence-electron chi connectivity index (χ2n) is 5.92. The Kier molecular flexibility index (Phi) is 5.22. The lowest BCUT2D eigenvalue weighted by Gasteiger charge is -2.39. The van der Waals surface area contributed by atoms with Crippen molar-refractivity contribution in [3.8, 4) is 0 Å². The van der Waals surface area contributed by atoms with Gasteiger partial charge in [-0.2, -0.15) is 0 Å². The van der Waals surface area contributed by atoms with Crippen molar-refractivity contribution in [3.05, 3.63) is 0 Å². The number of rotatable bonds is 5. The molecule has 0 bridgehead atoms. The number of ether oxygens (including phenoxy) is 2. The van der Waals surface area contributed by atoms with Crippen LogP contribution in [0.25, 0.3) is 0 Å². The maximum atomic E-state index is 5.18. The van der Waals surface area contributed by atoms with Crippen LogP contribution in [0.2, 0.25) is 0 Å². The Morgan fingerprint density at radius 1 is 1.25 bits per heavy atom. The fourth-order valence-electron chi connectivity index (χ4n) is 3.03. The van der Waals surface area contributed by atoms with Gasteiger partial charge in [0.2, 0.25) is 0 Å². The van der Waals surface area contributed by atoms with E-state index >= 15 is 0 Å². The molecule has 0 aromatic carbocycles. The molecule has 16 heavy (non-hydrogen) atoms. The Balaban J connectivity index is 2.36. The lowest BCUT2D eigenvalue weighted by Crippen LogP contribution is -2.43. The van der Waals surface area contributed by atoms with Crippen LogP contribution in [0.1, 0.15) is 40.0 Å². The van der Waals surface area contributed by atoms with Crippen molar-refractivity contribution in [1.29, 1.82) is 0 Å². The Bertz CT molecular complexity index is 202. The van der Waals surface area contributed by atoms with Gasteiger partial charge in [-0.1, -0.05) is 20.8 Å². The van der Waals surface area contributed by atoms with Gasteiger partial charge in [0.1, 0.15) is 0 Å². The summed E-state index contributed by atoms with van der Waals surface area (Å²) in [7, 11) is 3.37. The molecule has 3 nitrogen and oxygen atoms in total. The Morgan fingerprint density at radius 3 is 2.38 bits per heavy atom. The Labute approximate surface area is 99.9 Å². The van der Waals surface area contributed by atoms with Crippen molar-refractivity contribution in [2.24, 2.45) is 11.3 Å². The van der Waals surface area contributed by atoms with Crippen molar-refractivity contribution < 1.29 is 9.47 Å². The Morgan fingerprint density at radius 2 is 1.88 bits per heavy atom. The minimum Gasteiger partial charge on any atom is -0.355 e. The highest BCUT2D eigenvalue weighted by molar-refractivity contribution is 4.86. The highest BCUT2D eigenvalue weighted by Crippen LogP contribution is 2.38. The minimum absolute atomic E-state index is 0.125. The molecule has 2 unspecified atom stereocenters. The van der Waals surface area contributed by atoms with E-state index in [4.69, 9.17) is 9.47 Å². The summed E-state index contributed by atoms with van der Waals surface area (Å²) < 4.78 is 10.4. The van der Waals surface area contributed by atoms with Crippen molar-refractivity contribution >= 4 is 0 Å². The van der Waals surface area contributed by atoms with Crippen molar-refractivity contribution in [2.45, 2.75) is 52.4 Å². The van der Waals surface area contributed by atoms with Crippen LogP contribution in [-0.4, -0.2) is 33.1 Å². The van der Waals surface area contributed by atoms with Gasteiger partial charge in [0.05, 0.1) is 0 Å². The maximum Gasteiger partial charge on any atom is 0.169 e. The summed E-state index contributed by atoms with van der Waals surface area (Å²) in [6, 6.07) is 0.603. The molecule has 1 aliphatic carbocycles. The van der Waals surface area contributed by atoms with E-state index in [0.717, 1.165) is 12.5 Å². The standard InChI is InChI=1S/C13H27NO2/c1-10-6-11(8-13(2,3)7-10)14-9-12(15-4)16-5/h10-12,14H,6-9H2,1-5H3. The third kappa shape index (κ3) is 4.40. The molecule has 0 heterocycles. The summed E-state index contributed by atoms with van der Waals surface area (Å²) in [5, 5.41) is 3.56. The van der Waals surface area contributed by atoms with Gasteiger partial charge >= 0.3 is 0 Å². The number of hydrogen-bond acceptors (Lipinski definition) is 3. The van der Waals surface area contributed by atoms with E-state index in [0.29, 0.717) is 11.5 Å². The van der Waals surface area contributed by atoms with Gasteiger partial charge in [0.25, 0.3) is 0 Å². The summed E-state index contributed by atoms with van der Waals surface area (Å²) in [6.07, 6.45) is 3.73. The maximum absolute atomic E-state index is 5.18. The average Bonchev–Trinajstić information content (AvgIpc) is 2.16. The molecule has 0 aromatic rings. The van der Waals surface area contributed by atoms with E-state index < -0.39 is 0 Å². The lowest BCUT2D eigenvalue weighted by atomic mass is 9.70. The highest BCUT2D eigenvalue weighted by atomic mass is 16.7. The van der Waals surface area contributed by atoms with Gasteiger partial charge in [0.15, 0.2) is 6.29 Å². The summed E-state index contributed by atoms with van der Waals surface area (Å²) in [5.74, 6) is 0.810. The van der Waals surface area contributed by atoms with Crippen molar-refractivity contribution in [1.82, 2.24) is 5.32 Å². The molecule has 1 saturated carbocycles. The average molecular weight is 229 g/mol. The molecular weight excluding hydrogens is 202 g/mol. The molecule has 0 saturated heterocycles. The molecule has 0 radical (unpaired) electrons. The van der Waals surface area contributed by atoms with Crippen LogP contribution >= 0.6 is 0 Å². The first kappa shape index (κ1) is 13.9. The monoisotopic (exact) mass is 229 g/mol. The zero-order valence-corrected chi connectivity index (χ0v) is 11.4. The van der Waals surface area contributed by atoms with Gasteiger partial charge in [0, 0.05) is 26.8 Å². The number of methoxy groups -OCH3 is 2. The molecule has 1 fully saturated rings. The second-order valence-corrected chi connectivity index (χ2v) is 5.92. The van der Waals surface area contributed by atoms with Crippen LogP contribution in [0.4, 0.5) is 0 Å². The second kappa shape index (κ2) is 5.99. The molecule has 1 N–H and O–H groups in total. The third-order valence-corrected chi connectivity index (χ3v) is 3.49. The topological polar surface area (TPSA) is 30.5 Å². The van der Waals surface area contributed by atoms with Gasteiger partial charge < -0.3 is 14.8 Å². The summed E-state index contributed by atoms with van der Waals surface area (Å²) >= 11 is 0. The van der Waals surface area contributed by atoms with E-state index in [1.54, 1.807) is 14.2 Å². The molecule has 3 heteroatoms. The molecule has 0 spiro atoms. The van der Waals surface area contributed by atoms with Gasteiger partial charge in [-0.3, -0.25) is 0 Å². The van der Waals surface area contributed by atoms with E-state index in [2.05, 4.69) is 26.1 Å². The van der Waals surface area contributed by atoms with Gasteiger partial charge in [-0.05, 0) is 30.6 Å². The number of hydrogen-bond donors (Lipinski definition) is 1. The fourth-order valence-corrected chi connectivity index (χ4v) is 3.03. The molecule has 1 rings (SSSR count). The van der Waals surface area contributed by atoms with Crippen LogP contribution in [0.5, 0.6) is 0 Å². The van der Waals surface area contributed by atoms with E-state index in [9.17, 15) is 0 Å². The molecule has 0 amide bonds. The van der Waals surface area contributed by atoms with Crippen LogP contribution in [0.3, 0.4) is 0 Å². The zero-order chi connectivity index (χ0) is 12.2. The zero-order valence-electron chi connectivity index (χ0n) is 11.4. The first-order chi connectivity index (χ1) is 7.46. The molecule has 0 aliphatic heterocycles. The predicted octanol–water partition coefficient (Wildman–Crippen LogP) is 2.41. The fraction of sp³-hybridized carbons (Fsp3) is 1.00. The summed E-state index contributed by atoms with van der Waals surface area (Å²) in [6.45, 7) is 7.85. The quantitative estimate of drug-likeness (QED) is 0.734. The third-order valence-electron chi connectivity index (χ3n) is 3.49. The molecule has 2 atom stereocenters. The first-order valence-corrected chi connectivity index (χ1v) is 6.26. The van der Waals surface area contributed by atoms with Crippen LogP contribution in [0, 0.1) is 11.3 Å². The van der Waals surface area contributed by atoms with Crippen LogP contribution in [-0.2, 0) is 9.47 Å². The molecule has 1 aliphatic rings. The predicted molar refractivity (Wildman–Crippen MR) is 66.4 cm³/mol. The van der Waals surface area contributed by atoms with Crippen molar-refractivity contribution in [2.75, 3.05) is 20.8 Å². The molecule has 96 valence electrons. The smallest absolute Gasteiger partial charge is 0.169 e. The lowest BCUT2D eigenvalue weighted by molar-refractivity contribution is -0.101. The normalized spacial score (nSPS) is 29.6. The van der Waals surface area contributed by atoms with E-state index in [1.807, 2.05) is 0 Å². The highest BCUT2D eigenvalue weighted by Gasteiger charge is 2.31.